The van der Waals surface area contributed by atoms with Crippen molar-refractivity contribution in [1.29, 1.82) is 0 Å². The molecule has 1 amide bonds. The lowest BCUT2D eigenvalue weighted by molar-refractivity contribution is 0.102. The van der Waals surface area contributed by atoms with Gasteiger partial charge in [-0.15, -0.1) is 0 Å². The largest absolute Gasteiger partial charge is 0.351 e. The quantitative estimate of drug-likeness (QED) is 0.267. The van der Waals surface area contributed by atoms with E-state index in [2.05, 4.69) is 42.9 Å². The van der Waals surface area contributed by atoms with Crippen LogP contribution in [0.5, 0.6) is 0 Å². The van der Waals surface area contributed by atoms with E-state index in [1.165, 1.54) is 24.7 Å². The second-order valence-electron chi connectivity index (χ2n) is 8.15. The van der Waals surface area contributed by atoms with Crippen LogP contribution in [0.2, 0.25) is 0 Å². The number of alkyl halides is 2. The summed E-state index contributed by atoms with van der Waals surface area (Å²) in [6.07, 6.45) is 3.21. The summed E-state index contributed by atoms with van der Waals surface area (Å²) in [5, 5.41) is 2.90. The molecule has 3 aromatic rings. The van der Waals surface area contributed by atoms with Gasteiger partial charge in [0.25, 0.3) is 5.91 Å². The Morgan fingerprint density at radius 2 is 2.00 bits per heavy atom. The smallest absolute Gasteiger partial charge is 0.257 e. The monoisotopic (exact) mass is 675 g/mol. The average Bonchev–Trinajstić information content (AvgIpc) is 3.15. The van der Waals surface area contributed by atoms with Gasteiger partial charge in [0.2, 0.25) is 0 Å². The summed E-state index contributed by atoms with van der Waals surface area (Å²) in [5.41, 5.74) is 2.44. The number of amides is 1. The first kappa shape index (κ1) is 24.2. The first-order valence-electron chi connectivity index (χ1n) is 10.3. The van der Waals surface area contributed by atoms with E-state index in [0.717, 1.165) is 9.26 Å². The molecule has 0 spiro atoms. The molecule has 0 saturated carbocycles. The van der Waals surface area contributed by atoms with Crippen LogP contribution in [-0.4, -0.2) is 37.6 Å². The molecular formula is C23H21F2I2N5O. The van der Waals surface area contributed by atoms with Crippen LogP contribution in [0.1, 0.15) is 42.2 Å². The predicted octanol–water partition coefficient (Wildman–Crippen LogP) is 5.97. The van der Waals surface area contributed by atoms with E-state index in [0.29, 0.717) is 41.3 Å². The minimum atomic E-state index is -1.39. The van der Waals surface area contributed by atoms with Gasteiger partial charge in [-0.1, -0.05) is 13.8 Å². The van der Waals surface area contributed by atoms with Crippen molar-refractivity contribution in [2.24, 2.45) is 0 Å². The number of anilines is 2. The van der Waals surface area contributed by atoms with Crippen LogP contribution in [-0.2, 0) is 0 Å². The van der Waals surface area contributed by atoms with E-state index >= 15 is 0 Å². The summed E-state index contributed by atoms with van der Waals surface area (Å²) in [6, 6.07) is 7.89. The fourth-order valence-electron chi connectivity index (χ4n) is 3.60. The van der Waals surface area contributed by atoms with Gasteiger partial charge in [0, 0.05) is 34.0 Å². The molecule has 1 unspecified atom stereocenters. The maximum Gasteiger partial charge on any atom is 0.257 e. The van der Waals surface area contributed by atoms with Crippen LogP contribution in [0.15, 0.2) is 42.9 Å². The first-order chi connectivity index (χ1) is 15.6. The summed E-state index contributed by atoms with van der Waals surface area (Å²) >= 11 is 3.89. The lowest BCUT2D eigenvalue weighted by atomic mass is 10.1. The molecule has 0 bridgehead atoms. The van der Waals surface area contributed by atoms with Gasteiger partial charge >= 0.3 is 0 Å². The number of halogens is 4. The van der Waals surface area contributed by atoms with Gasteiger partial charge < -0.3 is 10.2 Å². The minimum absolute atomic E-state index is 0.123. The van der Waals surface area contributed by atoms with Crippen LogP contribution >= 0.6 is 45.2 Å². The van der Waals surface area contributed by atoms with Crippen LogP contribution < -0.4 is 10.2 Å². The molecular weight excluding hydrogens is 654 g/mol. The summed E-state index contributed by atoms with van der Waals surface area (Å²) in [6.45, 7) is 4.61. The zero-order valence-corrected chi connectivity index (χ0v) is 22.3. The highest BCUT2D eigenvalue weighted by atomic mass is 127. The Hall–Kier alpha value is -1.96. The topological polar surface area (TPSA) is 71.0 Å². The third kappa shape index (κ3) is 5.42. The number of nitrogens with one attached hydrogen (secondary N) is 1. The third-order valence-corrected chi connectivity index (χ3v) is 7.18. The van der Waals surface area contributed by atoms with Crippen LogP contribution in [0.25, 0.3) is 11.3 Å². The zero-order valence-electron chi connectivity index (χ0n) is 17.9. The Morgan fingerprint density at radius 1 is 1.21 bits per heavy atom. The lowest BCUT2D eigenvalue weighted by Crippen LogP contribution is -2.27. The fraction of sp³-hybridized carbons (Fsp3) is 0.304. The molecule has 0 aliphatic carbocycles. The molecule has 1 N–H and O–H groups in total. The maximum atomic E-state index is 14.6. The predicted molar refractivity (Wildman–Crippen MR) is 141 cm³/mol. The van der Waals surface area contributed by atoms with Gasteiger partial charge in [-0.3, -0.25) is 9.78 Å². The van der Waals surface area contributed by atoms with Gasteiger partial charge in [-0.05, 0) is 81.4 Å². The maximum absolute atomic E-state index is 14.6. The van der Waals surface area contributed by atoms with E-state index < -0.39 is 15.4 Å². The van der Waals surface area contributed by atoms with Gasteiger partial charge in [-0.2, -0.15) is 0 Å². The first-order valence-corrected chi connectivity index (χ1v) is 12.5. The second-order valence-corrected chi connectivity index (χ2v) is 11.2. The molecule has 3 heterocycles. The van der Waals surface area contributed by atoms with Crippen molar-refractivity contribution >= 4 is 62.6 Å². The van der Waals surface area contributed by atoms with Gasteiger partial charge in [-0.25, -0.2) is 18.7 Å². The normalized spacial score (nSPS) is 18.1. The summed E-state index contributed by atoms with van der Waals surface area (Å²) < 4.78 is 28.1. The Balaban J connectivity index is 1.78. The van der Waals surface area contributed by atoms with Crippen molar-refractivity contribution < 1.29 is 13.6 Å². The molecule has 2 aromatic heterocycles. The van der Waals surface area contributed by atoms with Crippen molar-refractivity contribution in [3.63, 3.8) is 0 Å². The van der Waals surface area contributed by atoms with Crippen LogP contribution in [0.3, 0.4) is 0 Å². The number of carbonyl (C=O) groups excluding carboxylic acids is 1. The molecule has 1 aromatic carbocycles. The highest BCUT2D eigenvalue weighted by Crippen LogP contribution is 2.40. The molecule has 1 aliphatic heterocycles. The van der Waals surface area contributed by atoms with Crippen LogP contribution in [0, 0.1) is 9.39 Å². The highest BCUT2D eigenvalue weighted by molar-refractivity contribution is 14.1. The molecule has 1 atom stereocenters. The lowest BCUT2D eigenvalue weighted by Gasteiger charge is -2.23. The number of hydrogen-bond acceptors (Lipinski definition) is 5. The van der Waals surface area contributed by atoms with Crippen molar-refractivity contribution in [3.8, 4) is 11.3 Å². The Bertz CT molecular complexity index is 1190. The molecule has 1 aliphatic rings. The number of carbonyl (C=O) groups is 1. The summed E-state index contributed by atoms with van der Waals surface area (Å²) in [7, 11) is 0. The molecule has 1 fully saturated rings. The fourth-order valence-corrected chi connectivity index (χ4v) is 4.84. The summed E-state index contributed by atoms with van der Waals surface area (Å²) in [5.74, 6) is -0.187. The van der Waals surface area contributed by atoms with E-state index in [9.17, 15) is 13.6 Å². The zero-order chi connectivity index (χ0) is 23.8. The molecule has 0 radical (unpaired) electrons. The number of hydrogen-bond donors (Lipinski definition) is 1. The Kier molecular flexibility index (Phi) is 7.12. The molecule has 1 saturated heterocycles. The number of benzene rings is 1. The van der Waals surface area contributed by atoms with E-state index in [1.807, 2.05) is 19.9 Å². The molecule has 33 heavy (non-hydrogen) atoms. The second kappa shape index (κ2) is 9.72. The number of aromatic nitrogens is 3. The Morgan fingerprint density at radius 3 is 2.64 bits per heavy atom. The van der Waals surface area contributed by atoms with Gasteiger partial charge in [0.1, 0.15) is 23.5 Å². The standard InChI is InChI=1S/C23H21F2I2N5O/c1-13(2)18-6-3-14(10-28-18)22(33)31-20-19(16-9-15(24)4-5-17(16)26)29-12-30-21(20)32-8-7-23(25,27)11-32/h3-6,9-10,12-13H,7-8,11H2,1-2H3,(H,31,33). The molecule has 172 valence electrons. The van der Waals surface area contributed by atoms with Gasteiger partial charge in [0.15, 0.2) is 9.49 Å². The molecule has 10 heteroatoms. The number of pyridine rings is 1. The molecule has 6 nitrogen and oxygen atoms in total. The van der Waals surface area contributed by atoms with Crippen molar-refractivity contribution in [1.82, 2.24) is 15.0 Å². The van der Waals surface area contributed by atoms with E-state index in [4.69, 9.17) is 0 Å². The number of nitrogens with zero attached hydrogens (tertiary/aromatic N) is 4. The third-order valence-electron chi connectivity index (χ3n) is 5.36. The molecule has 4 rings (SSSR count). The van der Waals surface area contributed by atoms with E-state index in [1.54, 1.807) is 39.6 Å². The SMILES string of the molecule is CC(C)c1ccc(C(=O)Nc2c(-c3cc(F)ccc3I)ncnc2N2CCC(F)(I)C2)cn1. The van der Waals surface area contributed by atoms with Gasteiger partial charge in [0.05, 0.1) is 12.1 Å². The Labute approximate surface area is 217 Å². The van der Waals surface area contributed by atoms with Crippen LogP contribution in [0.4, 0.5) is 20.3 Å². The van der Waals surface area contributed by atoms with E-state index in [-0.39, 0.29) is 12.5 Å². The van der Waals surface area contributed by atoms with Crippen molar-refractivity contribution in [2.45, 2.75) is 29.9 Å². The number of rotatable bonds is 5. The van der Waals surface area contributed by atoms with Crippen molar-refractivity contribution in [2.75, 3.05) is 23.3 Å². The highest BCUT2D eigenvalue weighted by Gasteiger charge is 2.37. The minimum Gasteiger partial charge on any atom is -0.351 e. The van der Waals surface area contributed by atoms with Crippen molar-refractivity contribution in [3.05, 3.63) is 63.5 Å². The summed E-state index contributed by atoms with van der Waals surface area (Å²) in [4.78, 5) is 28.0. The average molecular weight is 675 g/mol.